The van der Waals surface area contributed by atoms with Crippen molar-refractivity contribution in [3.05, 3.63) is 35.2 Å². The fourth-order valence-corrected chi connectivity index (χ4v) is 2.34. The summed E-state index contributed by atoms with van der Waals surface area (Å²) in [6, 6.07) is 1.86. The van der Waals surface area contributed by atoms with Crippen LogP contribution in [0.4, 0.5) is 13.2 Å². The lowest BCUT2D eigenvalue weighted by Crippen LogP contribution is -2.08. The van der Waals surface area contributed by atoms with Gasteiger partial charge < -0.3 is 0 Å². The summed E-state index contributed by atoms with van der Waals surface area (Å²) in [7, 11) is 1.37. The fraction of sp³-hybridized carbons (Fsp3) is 0.357. The van der Waals surface area contributed by atoms with Crippen LogP contribution in [0.1, 0.15) is 22.9 Å². The number of alkyl halides is 3. The smallest absolute Gasteiger partial charge is 0.261 e. The summed E-state index contributed by atoms with van der Waals surface area (Å²) in [5, 5.41) is 7.58. The van der Waals surface area contributed by atoms with Crippen molar-refractivity contribution in [2.45, 2.75) is 26.9 Å². The largest absolute Gasteiger partial charge is 0.453 e. The first-order valence-corrected chi connectivity index (χ1v) is 7.02. The van der Waals surface area contributed by atoms with Gasteiger partial charge in [-0.05, 0) is 32.4 Å². The summed E-state index contributed by atoms with van der Waals surface area (Å²) in [6.07, 6.45) is -3.02. The predicted molar refractivity (Wildman–Crippen MR) is 78.4 cm³/mol. The summed E-state index contributed by atoms with van der Waals surface area (Å²) in [5.41, 5.74) is 2.38. The maximum atomic E-state index is 12.8. The molecule has 0 radical (unpaired) electrons. The Bertz CT molecular complexity index is 908. The monoisotopic (exact) mass is 337 g/mol. The zero-order valence-corrected chi connectivity index (χ0v) is 13.4. The van der Waals surface area contributed by atoms with E-state index in [9.17, 15) is 13.2 Å². The van der Waals surface area contributed by atoms with E-state index in [4.69, 9.17) is 0 Å². The molecule has 0 aromatic carbocycles. The molecule has 0 aliphatic carbocycles. The molecule has 24 heavy (non-hydrogen) atoms. The average Bonchev–Trinajstić information content (AvgIpc) is 3.01. The van der Waals surface area contributed by atoms with E-state index in [0.29, 0.717) is 17.2 Å². The molecule has 0 aliphatic heterocycles. The lowest BCUT2D eigenvalue weighted by atomic mass is 10.1. The van der Waals surface area contributed by atoms with E-state index in [1.54, 1.807) is 13.1 Å². The van der Waals surface area contributed by atoms with Crippen LogP contribution in [0, 0.1) is 20.8 Å². The van der Waals surface area contributed by atoms with E-state index < -0.39 is 12.0 Å². The van der Waals surface area contributed by atoms with Gasteiger partial charge in [0.05, 0.1) is 0 Å². The number of hydrogen-bond acceptors (Lipinski definition) is 5. The van der Waals surface area contributed by atoms with Crippen molar-refractivity contribution in [1.29, 1.82) is 0 Å². The lowest BCUT2D eigenvalue weighted by molar-refractivity contribution is -0.144. The third kappa shape index (κ3) is 2.74. The molecule has 126 valence electrons. The molecule has 0 spiro atoms. The van der Waals surface area contributed by atoms with E-state index in [2.05, 4.69) is 25.1 Å². The van der Waals surface area contributed by atoms with Gasteiger partial charge in [-0.1, -0.05) is 0 Å². The zero-order valence-electron chi connectivity index (χ0n) is 13.4. The quantitative estimate of drug-likeness (QED) is 0.718. The summed E-state index contributed by atoms with van der Waals surface area (Å²) in [6.45, 7) is 5.37. The van der Waals surface area contributed by atoms with E-state index in [-0.39, 0.29) is 5.95 Å². The minimum atomic E-state index is -4.63. The van der Waals surface area contributed by atoms with Gasteiger partial charge in [-0.25, -0.2) is 9.67 Å². The molecule has 3 rings (SSSR count). The van der Waals surface area contributed by atoms with Crippen molar-refractivity contribution in [2.24, 2.45) is 7.05 Å². The number of nitrogens with zero attached hydrogens (tertiary/aromatic N) is 7. The maximum Gasteiger partial charge on any atom is 0.453 e. The zero-order chi connectivity index (χ0) is 17.6. The van der Waals surface area contributed by atoms with Gasteiger partial charge in [0.2, 0.25) is 0 Å². The molecule has 0 bridgehead atoms. The van der Waals surface area contributed by atoms with Gasteiger partial charge in [0.15, 0.2) is 5.82 Å². The van der Waals surface area contributed by atoms with Crippen LogP contribution in [0.25, 0.3) is 17.3 Å². The molecular weight excluding hydrogens is 323 g/mol. The van der Waals surface area contributed by atoms with Crippen LogP contribution in [0.3, 0.4) is 0 Å². The van der Waals surface area contributed by atoms with Crippen LogP contribution in [0.15, 0.2) is 12.3 Å². The van der Waals surface area contributed by atoms with Gasteiger partial charge in [0.25, 0.3) is 11.8 Å². The highest BCUT2D eigenvalue weighted by Crippen LogP contribution is 2.28. The molecule has 0 aliphatic rings. The molecule has 3 heterocycles. The number of hydrogen-bond donors (Lipinski definition) is 0. The minimum Gasteiger partial charge on any atom is -0.261 e. The number of pyridine rings is 1. The van der Waals surface area contributed by atoms with Crippen molar-refractivity contribution < 1.29 is 13.2 Å². The molecule has 0 fully saturated rings. The second-order valence-electron chi connectivity index (χ2n) is 5.39. The van der Waals surface area contributed by atoms with Gasteiger partial charge in [0.1, 0.15) is 5.82 Å². The first kappa shape index (κ1) is 16.1. The Morgan fingerprint density at radius 1 is 1.04 bits per heavy atom. The topological polar surface area (TPSA) is 74.3 Å². The summed E-state index contributed by atoms with van der Waals surface area (Å²) < 4.78 is 40.8. The highest BCUT2D eigenvalue weighted by molar-refractivity contribution is 5.60. The Morgan fingerprint density at radius 2 is 1.75 bits per heavy atom. The molecule has 3 aromatic rings. The average molecular weight is 337 g/mol. The number of halogens is 3. The van der Waals surface area contributed by atoms with Gasteiger partial charge in [-0.15, -0.1) is 10.2 Å². The Hall–Kier alpha value is -2.78. The number of aryl methyl sites for hydroxylation is 4. The summed E-state index contributed by atoms with van der Waals surface area (Å²) in [5.74, 6) is -0.529. The molecule has 0 amide bonds. The molecule has 0 atom stereocenters. The normalized spacial score (nSPS) is 12.0. The van der Waals surface area contributed by atoms with E-state index >= 15 is 0 Å². The number of rotatable bonds is 2. The van der Waals surface area contributed by atoms with Crippen molar-refractivity contribution in [1.82, 2.24) is 34.5 Å². The Kier molecular flexibility index (Phi) is 3.61. The van der Waals surface area contributed by atoms with Crippen LogP contribution in [-0.4, -0.2) is 34.5 Å². The Labute approximate surface area is 135 Å². The summed E-state index contributed by atoms with van der Waals surface area (Å²) >= 11 is 0. The fourth-order valence-electron chi connectivity index (χ4n) is 2.34. The molecule has 7 nitrogen and oxygen atoms in total. The molecular formula is C14H14F3N7. The second kappa shape index (κ2) is 5.39. The van der Waals surface area contributed by atoms with Crippen molar-refractivity contribution in [3.8, 4) is 17.3 Å². The number of aromatic nitrogens is 7. The van der Waals surface area contributed by atoms with Crippen molar-refractivity contribution in [2.75, 3.05) is 0 Å². The summed E-state index contributed by atoms with van der Waals surface area (Å²) in [4.78, 5) is 12.1. The van der Waals surface area contributed by atoms with E-state index in [1.165, 1.54) is 11.7 Å². The van der Waals surface area contributed by atoms with Crippen LogP contribution >= 0.6 is 0 Å². The molecule has 0 unspecified atom stereocenters. The third-order valence-corrected chi connectivity index (χ3v) is 3.38. The molecule has 0 saturated heterocycles. The van der Waals surface area contributed by atoms with E-state index in [1.807, 2.05) is 19.9 Å². The highest BCUT2D eigenvalue weighted by Gasteiger charge is 2.37. The van der Waals surface area contributed by atoms with Gasteiger partial charge in [-0.3, -0.25) is 4.98 Å². The van der Waals surface area contributed by atoms with Crippen molar-refractivity contribution >= 4 is 0 Å². The molecule has 0 saturated carbocycles. The van der Waals surface area contributed by atoms with Crippen LogP contribution in [0.2, 0.25) is 0 Å². The lowest BCUT2D eigenvalue weighted by Gasteiger charge is -2.07. The highest BCUT2D eigenvalue weighted by atomic mass is 19.4. The van der Waals surface area contributed by atoms with Gasteiger partial charge in [-0.2, -0.15) is 22.8 Å². The van der Waals surface area contributed by atoms with E-state index in [0.717, 1.165) is 15.9 Å². The van der Waals surface area contributed by atoms with Gasteiger partial charge >= 0.3 is 6.18 Å². The maximum absolute atomic E-state index is 12.8. The minimum absolute atomic E-state index is 0.0714. The third-order valence-electron chi connectivity index (χ3n) is 3.38. The molecule has 3 aromatic heterocycles. The second-order valence-corrected chi connectivity index (χ2v) is 5.39. The Balaban J connectivity index is 2.19. The first-order chi connectivity index (χ1) is 11.2. The Morgan fingerprint density at radius 3 is 2.33 bits per heavy atom. The standard InChI is InChI=1S/C14H14F3N7/c1-7-5-8(2)18-6-10(7)11-19-9(3)21-24(11)13-20-12(14(15,16)17)22-23(13)4/h5-6H,1-4H3. The predicted octanol–water partition coefficient (Wildman–Crippen LogP) is 2.40. The first-order valence-electron chi connectivity index (χ1n) is 7.02. The molecule has 10 heteroatoms. The van der Waals surface area contributed by atoms with Gasteiger partial charge in [0, 0.05) is 24.5 Å². The van der Waals surface area contributed by atoms with Crippen LogP contribution in [-0.2, 0) is 13.2 Å². The SMILES string of the molecule is Cc1cc(C)c(-c2nc(C)nn2-c2nc(C(F)(F)F)nn2C)cn1. The molecule has 0 N–H and O–H groups in total. The van der Waals surface area contributed by atoms with Crippen LogP contribution in [0.5, 0.6) is 0 Å². The van der Waals surface area contributed by atoms with Crippen LogP contribution < -0.4 is 0 Å². The van der Waals surface area contributed by atoms with Crippen molar-refractivity contribution in [3.63, 3.8) is 0 Å².